The molecule has 1 N–H and O–H groups in total. The maximum absolute atomic E-state index is 4.13. The highest BCUT2D eigenvalue weighted by Gasteiger charge is 2.00. The number of nitrogens with zero attached hydrogens (tertiary/aromatic N) is 2. The van der Waals surface area contributed by atoms with Gasteiger partial charge in [-0.2, -0.15) is 0 Å². The summed E-state index contributed by atoms with van der Waals surface area (Å²) in [6.45, 7) is 0. The van der Waals surface area contributed by atoms with Crippen molar-refractivity contribution in [3.05, 3.63) is 40.9 Å². The van der Waals surface area contributed by atoms with Crippen molar-refractivity contribution in [2.75, 3.05) is 12.4 Å². The zero-order valence-electron chi connectivity index (χ0n) is 8.24. The standard InChI is InChI=1S/C11H10BrN3/c1-13-11-6-5-10(14-15-11)8-3-2-4-9(12)7-8/h2-7H,1H3,(H,13,15). The van der Waals surface area contributed by atoms with E-state index in [9.17, 15) is 0 Å². The molecule has 0 radical (unpaired) electrons. The summed E-state index contributed by atoms with van der Waals surface area (Å²) >= 11 is 3.43. The number of benzene rings is 1. The van der Waals surface area contributed by atoms with Gasteiger partial charge in [-0.25, -0.2) is 0 Å². The number of rotatable bonds is 2. The summed E-state index contributed by atoms with van der Waals surface area (Å²) < 4.78 is 1.04. The molecule has 0 unspecified atom stereocenters. The van der Waals surface area contributed by atoms with Crippen LogP contribution in [0.1, 0.15) is 0 Å². The van der Waals surface area contributed by atoms with E-state index >= 15 is 0 Å². The summed E-state index contributed by atoms with van der Waals surface area (Å²) in [7, 11) is 1.82. The lowest BCUT2D eigenvalue weighted by Gasteiger charge is -2.01. The highest BCUT2D eigenvalue weighted by Crippen LogP contribution is 2.20. The van der Waals surface area contributed by atoms with Gasteiger partial charge in [0.05, 0.1) is 5.69 Å². The van der Waals surface area contributed by atoms with Gasteiger partial charge in [-0.3, -0.25) is 0 Å². The molecule has 2 rings (SSSR count). The lowest BCUT2D eigenvalue weighted by Crippen LogP contribution is -1.94. The van der Waals surface area contributed by atoms with Gasteiger partial charge in [-0.15, -0.1) is 10.2 Å². The zero-order chi connectivity index (χ0) is 10.7. The molecule has 1 aromatic heterocycles. The molecule has 0 amide bonds. The lowest BCUT2D eigenvalue weighted by molar-refractivity contribution is 1.04. The second-order valence-electron chi connectivity index (χ2n) is 3.06. The Morgan fingerprint density at radius 3 is 2.60 bits per heavy atom. The highest BCUT2D eigenvalue weighted by molar-refractivity contribution is 9.10. The molecular formula is C11H10BrN3. The summed E-state index contributed by atoms with van der Waals surface area (Å²) in [5.74, 6) is 0.772. The van der Waals surface area contributed by atoms with Crippen LogP contribution >= 0.6 is 15.9 Å². The third-order valence-electron chi connectivity index (χ3n) is 2.04. The lowest BCUT2D eigenvalue weighted by atomic mass is 10.1. The van der Waals surface area contributed by atoms with E-state index in [2.05, 4.69) is 31.4 Å². The molecule has 0 aliphatic carbocycles. The van der Waals surface area contributed by atoms with E-state index in [1.54, 1.807) is 0 Å². The molecule has 0 aliphatic rings. The maximum atomic E-state index is 4.13. The average molecular weight is 264 g/mol. The van der Waals surface area contributed by atoms with E-state index in [0.29, 0.717) is 0 Å². The predicted octanol–water partition coefficient (Wildman–Crippen LogP) is 2.95. The molecule has 76 valence electrons. The first-order valence-electron chi connectivity index (χ1n) is 4.57. The number of anilines is 1. The highest BCUT2D eigenvalue weighted by atomic mass is 79.9. The predicted molar refractivity (Wildman–Crippen MR) is 64.7 cm³/mol. The summed E-state index contributed by atoms with van der Waals surface area (Å²) in [4.78, 5) is 0. The van der Waals surface area contributed by atoms with Gasteiger partial charge in [0.2, 0.25) is 0 Å². The van der Waals surface area contributed by atoms with Crippen LogP contribution in [0.5, 0.6) is 0 Å². The van der Waals surface area contributed by atoms with E-state index in [-0.39, 0.29) is 0 Å². The van der Waals surface area contributed by atoms with Crippen molar-refractivity contribution in [3.63, 3.8) is 0 Å². The molecule has 0 saturated carbocycles. The number of aromatic nitrogens is 2. The summed E-state index contributed by atoms with van der Waals surface area (Å²) in [6.07, 6.45) is 0. The van der Waals surface area contributed by atoms with E-state index < -0.39 is 0 Å². The third kappa shape index (κ3) is 2.33. The first kappa shape index (κ1) is 10.1. The first-order valence-corrected chi connectivity index (χ1v) is 5.36. The molecule has 0 atom stereocenters. The van der Waals surface area contributed by atoms with Gasteiger partial charge in [0.25, 0.3) is 0 Å². The SMILES string of the molecule is CNc1ccc(-c2cccc(Br)c2)nn1. The Hall–Kier alpha value is -1.42. The van der Waals surface area contributed by atoms with Crippen molar-refractivity contribution >= 4 is 21.7 Å². The van der Waals surface area contributed by atoms with Crippen LogP contribution in [0.3, 0.4) is 0 Å². The molecule has 0 bridgehead atoms. The molecule has 15 heavy (non-hydrogen) atoms. The van der Waals surface area contributed by atoms with Crippen LogP contribution < -0.4 is 5.32 Å². The average Bonchev–Trinajstić information content (AvgIpc) is 2.29. The number of hydrogen-bond donors (Lipinski definition) is 1. The minimum Gasteiger partial charge on any atom is -0.372 e. The van der Waals surface area contributed by atoms with Crippen LogP contribution in [-0.2, 0) is 0 Å². The Balaban J connectivity index is 2.37. The Labute approximate surface area is 96.7 Å². The van der Waals surface area contributed by atoms with Gasteiger partial charge >= 0.3 is 0 Å². The topological polar surface area (TPSA) is 37.8 Å². The van der Waals surface area contributed by atoms with E-state index in [1.165, 1.54) is 0 Å². The van der Waals surface area contributed by atoms with Crippen molar-refractivity contribution in [1.82, 2.24) is 10.2 Å². The number of halogens is 1. The molecule has 0 spiro atoms. The maximum Gasteiger partial charge on any atom is 0.148 e. The van der Waals surface area contributed by atoms with Crippen molar-refractivity contribution in [1.29, 1.82) is 0 Å². The first-order chi connectivity index (χ1) is 7.29. The zero-order valence-corrected chi connectivity index (χ0v) is 9.82. The van der Waals surface area contributed by atoms with Gasteiger partial charge < -0.3 is 5.32 Å². The van der Waals surface area contributed by atoms with E-state index in [1.807, 2.05) is 43.4 Å². The van der Waals surface area contributed by atoms with Crippen molar-refractivity contribution in [2.45, 2.75) is 0 Å². The fourth-order valence-electron chi connectivity index (χ4n) is 1.27. The van der Waals surface area contributed by atoms with Gasteiger partial charge in [0.1, 0.15) is 5.82 Å². The summed E-state index contributed by atoms with van der Waals surface area (Å²) in [6, 6.07) is 11.8. The van der Waals surface area contributed by atoms with Crippen LogP contribution in [0, 0.1) is 0 Å². The Morgan fingerprint density at radius 2 is 2.00 bits per heavy atom. The van der Waals surface area contributed by atoms with Crippen molar-refractivity contribution < 1.29 is 0 Å². The summed E-state index contributed by atoms with van der Waals surface area (Å²) in [5, 5.41) is 11.1. The van der Waals surface area contributed by atoms with Crippen molar-refractivity contribution in [3.8, 4) is 11.3 Å². The third-order valence-corrected chi connectivity index (χ3v) is 2.53. The van der Waals surface area contributed by atoms with E-state index in [4.69, 9.17) is 0 Å². The van der Waals surface area contributed by atoms with Gasteiger partial charge in [-0.1, -0.05) is 28.1 Å². The molecule has 0 fully saturated rings. The van der Waals surface area contributed by atoms with Crippen molar-refractivity contribution in [2.24, 2.45) is 0 Å². The minimum absolute atomic E-state index is 0.772. The molecule has 0 saturated heterocycles. The van der Waals surface area contributed by atoms with Crippen LogP contribution in [-0.4, -0.2) is 17.2 Å². The summed E-state index contributed by atoms with van der Waals surface area (Å²) in [5.41, 5.74) is 1.93. The Kier molecular flexibility index (Phi) is 2.97. The van der Waals surface area contributed by atoms with Gasteiger partial charge in [0.15, 0.2) is 0 Å². The van der Waals surface area contributed by atoms with E-state index in [0.717, 1.165) is 21.5 Å². The minimum atomic E-state index is 0.772. The molecule has 2 aromatic rings. The van der Waals surface area contributed by atoms with Crippen LogP contribution in [0.25, 0.3) is 11.3 Å². The Morgan fingerprint density at radius 1 is 1.13 bits per heavy atom. The molecule has 1 aromatic carbocycles. The van der Waals surface area contributed by atoms with Gasteiger partial charge in [-0.05, 0) is 24.3 Å². The van der Waals surface area contributed by atoms with Gasteiger partial charge in [0, 0.05) is 17.1 Å². The smallest absolute Gasteiger partial charge is 0.148 e. The van der Waals surface area contributed by atoms with Crippen LogP contribution in [0.4, 0.5) is 5.82 Å². The molecule has 3 nitrogen and oxygen atoms in total. The monoisotopic (exact) mass is 263 g/mol. The Bertz CT molecular complexity index is 454. The molecule has 0 aliphatic heterocycles. The largest absolute Gasteiger partial charge is 0.372 e. The quantitative estimate of drug-likeness (QED) is 0.906. The van der Waals surface area contributed by atoms with Crippen LogP contribution in [0.2, 0.25) is 0 Å². The molecule has 1 heterocycles. The molecular weight excluding hydrogens is 254 g/mol. The number of hydrogen-bond acceptors (Lipinski definition) is 3. The molecule has 4 heteroatoms. The number of nitrogens with one attached hydrogen (secondary N) is 1. The van der Waals surface area contributed by atoms with Crippen LogP contribution in [0.15, 0.2) is 40.9 Å². The second-order valence-corrected chi connectivity index (χ2v) is 3.98. The normalized spacial score (nSPS) is 10.0. The fourth-order valence-corrected chi connectivity index (χ4v) is 1.67. The second kappa shape index (κ2) is 4.40. The fraction of sp³-hybridized carbons (Fsp3) is 0.0909.